The molecule has 0 bridgehead atoms. The van der Waals surface area contributed by atoms with Crippen molar-refractivity contribution in [3.05, 3.63) is 29.8 Å². The summed E-state index contributed by atoms with van der Waals surface area (Å²) in [5, 5.41) is 0. The molecule has 0 aliphatic carbocycles. The van der Waals surface area contributed by atoms with Gasteiger partial charge < -0.3 is 4.74 Å². The average molecular weight is 198 g/mol. The molecule has 1 saturated heterocycles. The van der Waals surface area contributed by atoms with Crippen molar-refractivity contribution in [1.29, 1.82) is 0 Å². The van der Waals surface area contributed by atoms with E-state index in [0.29, 0.717) is 4.90 Å². The molecule has 13 heavy (non-hydrogen) atoms. The molecule has 0 N–H and O–H groups in total. The summed E-state index contributed by atoms with van der Waals surface area (Å²) in [6, 6.07) is 6.83. The van der Waals surface area contributed by atoms with Crippen molar-refractivity contribution >= 4 is 9.84 Å². The van der Waals surface area contributed by atoms with Gasteiger partial charge in [0.1, 0.15) is 6.10 Å². The van der Waals surface area contributed by atoms with Crippen molar-refractivity contribution in [3.63, 3.8) is 0 Å². The minimum atomic E-state index is -3.07. The number of hydrogen-bond acceptors (Lipinski definition) is 3. The SMILES string of the molecule is CS(=O)(=O)c1ccc([C@H]2CO2)cc1. The second-order valence-electron chi connectivity index (χ2n) is 3.16. The van der Waals surface area contributed by atoms with Gasteiger partial charge in [-0.15, -0.1) is 0 Å². The van der Waals surface area contributed by atoms with Crippen molar-refractivity contribution in [1.82, 2.24) is 0 Å². The lowest BCUT2D eigenvalue weighted by Crippen LogP contribution is -1.96. The van der Waals surface area contributed by atoms with Crippen LogP contribution in [0.1, 0.15) is 11.7 Å². The van der Waals surface area contributed by atoms with Crippen LogP contribution in [0.2, 0.25) is 0 Å². The van der Waals surface area contributed by atoms with Crippen LogP contribution >= 0.6 is 0 Å². The third kappa shape index (κ3) is 1.89. The van der Waals surface area contributed by atoms with Crippen molar-refractivity contribution < 1.29 is 13.2 Å². The van der Waals surface area contributed by atoms with E-state index in [2.05, 4.69) is 0 Å². The first-order valence-electron chi connectivity index (χ1n) is 3.99. The van der Waals surface area contributed by atoms with Crippen LogP contribution in [0.3, 0.4) is 0 Å². The predicted molar refractivity (Wildman–Crippen MR) is 48.2 cm³/mol. The first-order valence-corrected chi connectivity index (χ1v) is 5.88. The third-order valence-electron chi connectivity index (χ3n) is 2.01. The first kappa shape index (κ1) is 8.72. The van der Waals surface area contributed by atoms with Crippen LogP contribution < -0.4 is 0 Å². The normalized spacial score (nSPS) is 21.5. The van der Waals surface area contributed by atoms with Crippen LogP contribution in [-0.2, 0) is 14.6 Å². The van der Waals surface area contributed by atoms with Gasteiger partial charge in [-0.2, -0.15) is 0 Å². The summed E-state index contributed by atoms with van der Waals surface area (Å²) in [4.78, 5) is 0.358. The second kappa shape index (κ2) is 2.82. The Morgan fingerprint density at radius 2 is 1.85 bits per heavy atom. The smallest absolute Gasteiger partial charge is 0.175 e. The monoisotopic (exact) mass is 198 g/mol. The Kier molecular flexibility index (Phi) is 1.89. The molecule has 4 heteroatoms. The maximum atomic E-state index is 11.1. The quantitative estimate of drug-likeness (QED) is 0.670. The van der Waals surface area contributed by atoms with Gasteiger partial charge in [0, 0.05) is 6.26 Å². The first-order chi connectivity index (χ1) is 6.07. The zero-order chi connectivity index (χ0) is 9.47. The van der Waals surface area contributed by atoms with E-state index >= 15 is 0 Å². The van der Waals surface area contributed by atoms with E-state index in [0.717, 1.165) is 12.2 Å². The summed E-state index contributed by atoms with van der Waals surface area (Å²) in [6.45, 7) is 0.748. The molecule has 0 spiro atoms. The summed E-state index contributed by atoms with van der Waals surface area (Å²) in [5.41, 5.74) is 1.05. The zero-order valence-corrected chi connectivity index (χ0v) is 8.04. The molecule has 0 saturated carbocycles. The lowest BCUT2D eigenvalue weighted by atomic mass is 10.2. The summed E-state index contributed by atoms with van der Waals surface area (Å²) in [6.07, 6.45) is 1.39. The molecule has 1 aliphatic heterocycles. The maximum absolute atomic E-state index is 11.1. The topological polar surface area (TPSA) is 46.7 Å². The Bertz CT molecular complexity index is 401. The van der Waals surface area contributed by atoms with Crippen molar-refractivity contribution in [3.8, 4) is 0 Å². The molecular weight excluding hydrogens is 188 g/mol. The number of epoxide rings is 1. The molecule has 1 aromatic carbocycles. The molecule has 1 heterocycles. The highest BCUT2D eigenvalue weighted by Crippen LogP contribution is 2.29. The van der Waals surface area contributed by atoms with Crippen LogP contribution in [0.15, 0.2) is 29.2 Å². The lowest BCUT2D eigenvalue weighted by Gasteiger charge is -1.98. The molecule has 70 valence electrons. The van der Waals surface area contributed by atoms with Gasteiger partial charge in [-0.25, -0.2) is 8.42 Å². The fourth-order valence-electron chi connectivity index (χ4n) is 1.17. The van der Waals surface area contributed by atoms with Gasteiger partial charge in [0.2, 0.25) is 0 Å². The number of ether oxygens (including phenoxy) is 1. The van der Waals surface area contributed by atoms with Gasteiger partial charge in [-0.3, -0.25) is 0 Å². The predicted octanol–water partition coefficient (Wildman–Crippen LogP) is 1.16. The number of hydrogen-bond donors (Lipinski definition) is 0. The van der Waals surface area contributed by atoms with E-state index in [1.54, 1.807) is 24.3 Å². The molecular formula is C9H10O3S. The molecule has 1 aliphatic rings. The van der Waals surface area contributed by atoms with Gasteiger partial charge in [0.15, 0.2) is 9.84 Å². The van der Waals surface area contributed by atoms with E-state index in [-0.39, 0.29) is 6.10 Å². The maximum Gasteiger partial charge on any atom is 0.175 e. The highest BCUT2D eigenvalue weighted by Gasteiger charge is 2.24. The second-order valence-corrected chi connectivity index (χ2v) is 5.18. The van der Waals surface area contributed by atoms with Crippen LogP contribution in [0.4, 0.5) is 0 Å². The Labute approximate surface area is 77.3 Å². The standard InChI is InChI=1S/C9H10O3S/c1-13(10,11)8-4-2-7(3-5-8)9-6-12-9/h2-5,9H,6H2,1H3/t9-/m1/s1. The fraction of sp³-hybridized carbons (Fsp3) is 0.333. The highest BCUT2D eigenvalue weighted by atomic mass is 32.2. The lowest BCUT2D eigenvalue weighted by molar-refractivity contribution is 0.415. The average Bonchev–Trinajstić information content (AvgIpc) is 2.85. The summed E-state index contributed by atoms with van der Waals surface area (Å²) >= 11 is 0. The van der Waals surface area contributed by atoms with Gasteiger partial charge in [0.05, 0.1) is 11.5 Å². The van der Waals surface area contributed by atoms with Crippen LogP contribution in [0, 0.1) is 0 Å². The van der Waals surface area contributed by atoms with Crippen LogP contribution in [0.25, 0.3) is 0 Å². The van der Waals surface area contributed by atoms with E-state index < -0.39 is 9.84 Å². The molecule has 0 aromatic heterocycles. The highest BCUT2D eigenvalue weighted by molar-refractivity contribution is 7.90. The Morgan fingerprint density at radius 3 is 2.23 bits per heavy atom. The van der Waals surface area contributed by atoms with E-state index in [1.807, 2.05) is 0 Å². The molecule has 1 aromatic rings. The molecule has 3 nitrogen and oxygen atoms in total. The van der Waals surface area contributed by atoms with Gasteiger partial charge >= 0.3 is 0 Å². The molecule has 1 fully saturated rings. The van der Waals surface area contributed by atoms with Crippen molar-refractivity contribution in [2.45, 2.75) is 11.0 Å². The van der Waals surface area contributed by atoms with Crippen molar-refractivity contribution in [2.75, 3.05) is 12.9 Å². The summed E-state index contributed by atoms with van der Waals surface area (Å²) in [5.74, 6) is 0. The van der Waals surface area contributed by atoms with E-state index in [4.69, 9.17) is 4.74 Å². The summed E-state index contributed by atoms with van der Waals surface area (Å²) in [7, 11) is -3.07. The minimum absolute atomic E-state index is 0.189. The Balaban J connectivity index is 2.33. The number of rotatable bonds is 2. The van der Waals surface area contributed by atoms with Crippen molar-refractivity contribution in [2.24, 2.45) is 0 Å². The molecule has 1 atom stereocenters. The summed E-state index contributed by atoms with van der Waals surface area (Å²) < 4.78 is 27.3. The number of benzene rings is 1. The van der Waals surface area contributed by atoms with Crippen LogP contribution in [-0.4, -0.2) is 21.3 Å². The number of sulfone groups is 1. The Morgan fingerprint density at radius 1 is 1.31 bits per heavy atom. The van der Waals surface area contributed by atoms with Gasteiger partial charge in [-0.1, -0.05) is 12.1 Å². The zero-order valence-electron chi connectivity index (χ0n) is 7.23. The van der Waals surface area contributed by atoms with E-state index in [1.165, 1.54) is 6.26 Å². The Hall–Kier alpha value is -0.870. The van der Waals surface area contributed by atoms with Crippen LogP contribution in [0.5, 0.6) is 0 Å². The molecule has 0 amide bonds. The van der Waals surface area contributed by atoms with Gasteiger partial charge in [0.25, 0.3) is 0 Å². The largest absolute Gasteiger partial charge is 0.368 e. The fourth-order valence-corrected chi connectivity index (χ4v) is 1.80. The van der Waals surface area contributed by atoms with E-state index in [9.17, 15) is 8.42 Å². The molecule has 0 radical (unpaired) electrons. The third-order valence-corrected chi connectivity index (χ3v) is 3.14. The minimum Gasteiger partial charge on any atom is -0.368 e. The van der Waals surface area contributed by atoms with Gasteiger partial charge in [-0.05, 0) is 17.7 Å². The molecule has 2 rings (SSSR count). The molecule has 0 unspecified atom stereocenters.